The summed E-state index contributed by atoms with van der Waals surface area (Å²) < 4.78 is 16.7. The van der Waals surface area contributed by atoms with Crippen molar-refractivity contribution in [3.63, 3.8) is 0 Å². The van der Waals surface area contributed by atoms with Crippen molar-refractivity contribution in [2.75, 3.05) is 34.0 Å². The molecule has 0 atom stereocenters. The predicted molar refractivity (Wildman–Crippen MR) is 107 cm³/mol. The van der Waals surface area contributed by atoms with Crippen LogP contribution in [0.5, 0.6) is 11.5 Å². The van der Waals surface area contributed by atoms with Gasteiger partial charge < -0.3 is 19.1 Å². The quantitative estimate of drug-likeness (QED) is 0.813. The lowest BCUT2D eigenvalue weighted by Gasteiger charge is -2.46. The molecule has 28 heavy (non-hydrogen) atoms. The number of carbonyl (C=O) groups excluding carboxylic acids is 1. The fourth-order valence-electron chi connectivity index (χ4n) is 4.57. The Balaban J connectivity index is 1.78. The second-order valence-corrected chi connectivity index (χ2v) is 7.73. The van der Waals surface area contributed by atoms with Crippen LogP contribution in [0.4, 0.5) is 0 Å². The Hall–Kier alpha value is -2.53. The molecule has 0 N–H and O–H groups in total. The number of hydrogen-bond acceptors (Lipinski definition) is 4. The minimum Gasteiger partial charge on any atom is -0.493 e. The largest absolute Gasteiger partial charge is 0.493 e. The lowest BCUT2D eigenvalue weighted by atomic mass is 9.69. The molecule has 0 aromatic heterocycles. The lowest BCUT2D eigenvalue weighted by molar-refractivity contribution is 0.0236. The monoisotopic (exact) mass is 381 g/mol. The van der Waals surface area contributed by atoms with E-state index >= 15 is 0 Å². The molecule has 2 aromatic rings. The minimum absolute atomic E-state index is 0.0874. The summed E-state index contributed by atoms with van der Waals surface area (Å²) in [6.45, 7) is 4.68. The number of nitrogens with zero attached hydrogens (tertiary/aromatic N) is 1. The predicted octanol–water partition coefficient (Wildman–Crippen LogP) is 3.72. The Labute approximate surface area is 166 Å². The van der Waals surface area contributed by atoms with Gasteiger partial charge in [-0.15, -0.1) is 0 Å². The second kappa shape index (κ2) is 7.47. The zero-order valence-electron chi connectivity index (χ0n) is 16.8. The molecule has 5 nitrogen and oxygen atoms in total. The highest BCUT2D eigenvalue weighted by Gasteiger charge is 2.43. The molecule has 148 valence electrons. The molecule has 1 spiro atoms. The van der Waals surface area contributed by atoms with Crippen molar-refractivity contribution in [2.24, 2.45) is 0 Å². The van der Waals surface area contributed by atoms with E-state index in [2.05, 4.69) is 6.07 Å². The van der Waals surface area contributed by atoms with E-state index in [0.717, 1.165) is 35.3 Å². The van der Waals surface area contributed by atoms with Gasteiger partial charge in [-0.05, 0) is 54.7 Å². The van der Waals surface area contributed by atoms with Crippen LogP contribution in [0.15, 0.2) is 36.4 Å². The third kappa shape index (κ3) is 3.14. The Bertz CT molecular complexity index is 886. The standard InChI is InChI=1S/C23H27NO4/c1-16-6-4-5-7-18(16)22(25)24-14-17-12-20(26-2)21(27-3)13-19(17)23(15-24)8-10-28-11-9-23/h4-7,12-13H,8-11,14-15H2,1-3H3. The number of benzene rings is 2. The van der Waals surface area contributed by atoms with Gasteiger partial charge in [0.1, 0.15) is 0 Å². The molecule has 2 aliphatic rings. The third-order valence-electron chi connectivity index (χ3n) is 6.15. The number of carbonyl (C=O) groups is 1. The molecule has 0 unspecified atom stereocenters. The van der Waals surface area contributed by atoms with Crippen LogP contribution >= 0.6 is 0 Å². The molecule has 0 radical (unpaired) electrons. The Kier molecular flexibility index (Phi) is 5.02. The van der Waals surface area contributed by atoms with Gasteiger partial charge in [-0.25, -0.2) is 0 Å². The first-order valence-corrected chi connectivity index (χ1v) is 9.76. The van der Waals surface area contributed by atoms with Gasteiger partial charge in [0.15, 0.2) is 11.5 Å². The zero-order valence-corrected chi connectivity index (χ0v) is 16.8. The molecule has 2 aliphatic heterocycles. The maximum atomic E-state index is 13.4. The number of methoxy groups -OCH3 is 2. The van der Waals surface area contributed by atoms with Gasteiger partial charge in [-0.3, -0.25) is 4.79 Å². The molecule has 1 amide bonds. The highest BCUT2D eigenvalue weighted by atomic mass is 16.5. The topological polar surface area (TPSA) is 48.0 Å². The van der Waals surface area contributed by atoms with Crippen LogP contribution in [0.2, 0.25) is 0 Å². The fourth-order valence-corrected chi connectivity index (χ4v) is 4.57. The van der Waals surface area contributed by atoms with Crippen molar-refractivity contribution in [3.05, 3.63) is 58.7 Å². The molecule has 0 bridgehead atoms. The van der Waals surface area contributed by atoms with Crippen LogP contribution in [0.1, 0.15) is 39.9 Å². The number of rotatable bonds is 3. The first-order chi connectivity index (χ1) is 13.6. The van der Waals surface area contributed by atoms with Crippen LogP contribution in [0.3, 0.4) is 0 Å². The first-order valence-electron chi connectivity index (χ1n) is 9.76. The van der Waals surface area contributed by atoms with Crippen molar-refractivity contribution >= 4 is 5.91 Å². The van der Waals surface area contributed by atoms with Gasteiger partial charge in [0.05, 0.1) is 14.2 Å². The number of hydrogen-bond donors (Lipinski definition) is 0. The van der Waals surface area contributed by atoms with Crippen LogP contribution in [0, 0.1) is 6.92 Å². The van der Waals surface area contributed by atoms with E-state index in [-0.39, 0.29) is 11.3 Å². The van der Waals surface area contributed by atoms with Gasteiger partial charge in [-0.2, -0.15) is 0 Å². The van der Waals surface area contributed by atoms with Crippen molar-refractivity contribution in [1.29, 1.82) is 0 Å². The first kappa shape index (κ1) is 18.8. The van der Waals surface area contributed by atoms with Gasteiger partial charge in [0.25, 0.3) is 5.91 Å². The zero-order chi connectivity index (χ0) is 19.7. The van der Waals surface area contributed by atoms with Crippen molar-refractivity contribution in [2.45, 2.75) is 31.7 Å². The maximum Gasteiger partial charge on any atom is 0.254 e. The minimum atomic E-state index is -0.107. The molecule has 2 heterocycles. The smallest absolute Gasteiger partial charge is 0.254 e. The Morgan fingerprint density at radius 3 is 2.43 bits per heavy atom. The van der Waals surface area contributed by atoms with Gasteiger partial charge in [0, 0.05) is 37.3 Å². The number of amides is 1. The molecular formula is C23H27NO4. The number of aryl methyl sites for hydroxylation is 1. The molecule has 0 saturated carbocycles. The molecule has 5 heteroatoms. The third-order valence-corrected chi connectivity index (χ3v) is 6.15. The summed E-state index contributed by atoms with van der Waals surface area (Å²) in [6.07, 6.45) is 1.79. The van der Waals surface area contributed by atoms with E-state index < -0.39 is 0 Å². The summed E-state index contributed by atoms with van der Waals surface area (Å²) in [6, 6.07) is 11.9. The van der Waals surface area contributed by atoms with E-state index in [1.54, 1.807) is 14.2 Å². The summed E-state index contributed by atoms with van der Waals surface area (Å²) in [4.78, 5) is 15.4. The summed E-state index contributed by atoms with van der Waals surface area (Å²) >= 11 is 0. The Morgan fingerprint density at radius 2 is 1.75 bits per heavy atom. The molecule has 1 saturated heterocycles. The van der Waals surface area contributed by atoms with Crippen LogP contribution < -0.4 is 9.47 Å². The van der Waals surface area contributed by atoms with Crippen molar-refractivity contribution < 1.29 is 19.0 Å². The molecular weight excluding hydrogens is 354 g/mol. The molecule has 4 rings (SSSR count). The van der Waals surface area contributed by atoms with Crippen molar-refractivity contribution in [3.8, 4) is 11.5 Å². The highest BCUT2D eigenvalue weighted by Crippen LogP contribution is 2.45. The highest BCUT2D eigenvalue weighted by molar-refractivity contribution is 5.95. The van der Waals surface area contributed by atoms with E-state index in [9.17, 15) is 4.79 Å². The summed E-state index contributed by atoms with van der Waals surface area (Å²) in [7, 11) is 3.31. The molecule has 0 aliphatic carbocycles. The average Bonchev–Trinajstić information content (AvgIpc) is 2.73. The number of ether oxygens (including phenoxy) is 3. The van der Waals surface area contributed by atoms with E-state index in [0.29, 0.717) is 32.1 Å². The van der Waals surface area contributed by atoms with Gasteiger partial charge >= 0.3 is 0 Å². The summed E-state index contributed by atoms with van der Waals surface area (Å²) in [5.41, 5.74) is 4.07. The average molecular weight is 381 g/mol. The second-order valence-electron chi connectivity index (χ2n) is 7.73. The van der Waals surface area contributed by atoms with E-state index in [1.165, 1.54) is 5.56 Å². The summed E-state index contributed by atoms with van der Waals surface area (Å²) in [5, 5.41) is 0. The number of fused-ring (bicyclic) bond motifs is 2. The lowest BCUT2D eigenvalue weighted by Crippen LogP contribution is -2.50. The van der Waals surface area contributed by atoms with Gasteiger partial charge in [0.2, 0.25) is 0 Å². The van der Waals surface area contributed by atoms with Crippen LogP contribution in [0.25, 0.3) is 0 Å². The summed E-state index contributed by atoms with van der Waals surface area (Å²) in [5.74, 6) is 1.53. The van der Waals surface area contributed by atoms with Gasteiger partial charge in [-0.1, -0.05) is 18.2 Å². The Morgan fingerprint density at radius 1 is 1.07 bits per heavy atom. The maximum absolute atomic E-state index is 13.4. The normalized spacial score (nSPS) is 17.9. The fraction of sp³-hybridized carbons (Fsp3) is 0.435. The van der Waals surface area contributed by atoms with Crippen LogP contribution in [-0.2, 0) is 16.7 Å². The van der Waals surface area contributed by atoms with Crippen LogP contribution in [-0.4, -0.2) is 44.8 Å². The van der Waals surface area contributed by atoms with E-state index in [4.69, 9.17) is 14.2 Å². The van der Waals surface area contributed by atoms with E-state index in [1.807, 2.05) is 42.2 Å². The van der Waals surface area contributed by atoms with Crippen molar-refractivity contribution in [1.82, 2.24) is 4.90 Å². The molecule has 2 aromatic carbocycles. The SMILES string of the molecule is COc1cc2c(cc1OC)C1(CCOCC1)CN(C(=O)c1ccccc1C)C2. The molecule has 1 fully saturated rings.